The Morgan fingerprint density at radius 3 is 2.80 bits per heavy atom. The molecule has 0 radical (unpaired) electrons. The number of hydrogen-bond donors (Lipinski definition) is 1. The van der Waals surface area contributed by atoms with Crippen molar-refractivity contribution in [2.75, 3.05) is 7.05 Å². The minimum atomic E-state index is 0.00199. The van der Waals surface area contributed by atoms with Crippen LogP contribution in [0.1, 0.15) is 42.3 Å². The highest BCUT2D eigenvalue weighted by molar-refractivity contribution is 5.40. The van der Waals surface area contributed by atoms with Crippen molar-refractivity contribution in [2.24, 2.45) is 5.92 Å². The first-order valence-corrected chi connectivity index (χ1v) is 5.77. The molecule has 2 aliphatic rings. The van der Waals surface area contributed by atoms with Gasteiger partial charge in [0.05, 0.1) is 0 Å². The van der Waals surface area contributed by atoms with E-state index < -0.39 is 0 Å². The molecule has 0 amide bonds. The molecule has 0 heterocycles. The Morgan fingerprint density at radius 2 is 2.13 bits per heavy atom. The standard InChI is InChI=1S/C13H16FN/c1-15-12-7-10(8-5-6-8)13-9(12)3-2-4-11(13)14/h2-4,8,10,12,15H,5-7H2,1H3. The van der Waals surface area contributed by atoms with E-state index in [9.17, 15) is 4.39 Å². The van der Waals surface area contributed by atoms with Crippen LogP contribution in [-0.4, -0.2) is 7.05 Å². The normalized spacial score (nSPS) is 29.2. The van der Waals surface area contributed by atoms with E-state index in [0.717, 1.165) is 17.9 Å². The van der Waals surface area contributed by atoms with Crippen LogP contribution in [0.5, 0.6) is 0 Å². The lowest BCUT2D eigenvalue weighted by molar-refractivity contribution is 0.492. The predicted octanol–water partition coefficient (Wildman–Crippen LogP) is 2.98. The molecule has 2 atom stereocenters. The first-order chi connectivity index (χ1) is 7.31. The topological polar surface area (TPSA) is 12.0 Å². The molecule has 0 bridgehead atoms. The molecular formula is C13H16FN. The zero-order valence-electron chi connectivity index (χ0n) is 8.96. The van der Waals surface area contributed by atoms with Gasteiger partial charge in [-0.2, -0.15) is 0 Å². The summed E-state index contributed by atoms with van der Waals surface area (Å²) in [5.41, 5.74) is 2.19. The van der Waals surface area contributed by atoms with Crippen molar-refractivity contribution in [2.45, 2.75) is 31.2 Å². The van der Waals surface area contributed by atoms with Crippen molar-refractivity contribution < 1.29 is 4.39 Å². The number of hydrogen-bond acceptors (Lipinski definition) is 1. The van der Waals surface area contributed by atoms with E-state index in [1.54, 1.807) is 6.07 Å². The first kappa shape index (κ1) is 9.34. The number of fused-ring (bicyclic) bond motifs is 1. The second-order valence-corrected chi connectivity index (χ2v) is 4.76. The third kappa shape index (κ3) is 1.39. The molecule has 1 saturated carbocycles. The van der Waals surface area contributed by atoms with E-state index in [2.05, 4.69) is 11.4 Å². The first-order valence-electron chi connectivity index (χ1n) is 5.77. The van der Waals surface area contributed by atoms with Crippen molar-refractivity contribution in [1.82, 2.24) is 5.32 Å². The van der Waals surface area contributed by atoms with E-state index >= 15 is 0 Å². The third-order valence-corrected chi connectivity index (χ3v) is 3.86. The molecule has 0 spiro atoms. The SMILES string of the molecule is CNC1CC(C2CC2)c2c(F)cccc21. The fourth-order valence-corrected chi connectivity index (χ4v) is 2.95. The maximum atomic E-state index is 13.8. The largest absolute Gasteiger partial charge is 0.313 e. The summed E-state index contributed by atoms with van der Waals surface area (Å²) in [7, 11) is 1.97. The van der Waals surface area contributed by atoms with E-state index in [-0.39, 0.29) is 5.82 Å². The predicted molar refractivity (Wildman–Crippen MR) is 58.3 cm³/mol. The highest BCUT2D eigenvalue weighted by atomic mass is 19.1. The number of halogens is 1. The molecule has 2 aliphatic carbocycles. The van der Waals surface area contributed by atoms with Gasteiger partial charge in [0.2, 0.25) is 0 Å². The van der Waals surface area contributed by atoms with Gasteiger partial charge in [0, 0.05) is 6.04 Å². The second kappa shape index (κ2) is 3.31. The van der Waals surface area contributed by atoms with Crippen LogP contribution in [-0.2, 0) is 0 Å². The molecular weight excluding hydrogens is 189 g/mol. The number of rotatable bonds is 2. The van der Waals surface area contributed by atoms with Gasteiger partial charge in [0.25, 0.3) is 0 Å². The quantitative estimate of drug-likeness (QED) is 0.782. The Kier molecular flexibility index (Phi) is 2.06. The summed E-state index contributed by atoms with van der Waals surface area (Å²) >= 11 is 0. The molecule has 2 unspecified atom stereocenters. The lowest BCUT2D eigenvalue weighted by atomic mass is 9.96. The van der Waals surface area contributed by atoms with Gasteiger partial charge >= 0.3 is 0 Å². The smallest absolute Gasteiger partial charge is 0.127 e. The molecule has 2 heteroatoms. The number of nitrogens with one attached hydrogen (secondary N) is 1. The van der Waals surface area contributed by atoms with Gasteiger partial charge in [0.15, 0.2) is 0 Å². The zero-order chi connectivity index (χ0) is 10.4. The van der Waals surface area contributed by atoms with Crippen LogP contribution in [0, 0.1) is 11.7 Å². The Morgan fingerprint density at radius 1 is 1.33 bits per heavy atom. The van der Waals surface area contributed by atoms with Crippen LogP contribution in [0.15, 0.2) is 18.2 Å². The molecule has 1 nitrogen and oxygen atoms in total. The summed E-state index contributed by atoms with van der Waals surface area (Å²) in [6.45, 7) is 0. The van der Waals surface area contributed by atoms with Gasteiger partial charge in [-0.15, -0.1) is 0 Å². The molecule has 1 fully saturated rings. The molecule has 1 aromatic carbocycles. The summed E-state index contributed by atoms with van der Waals surface area (Å²) in [6.07, 6.45) is 3.65. The van der Waals surface area contributed by atoms with Gasteiger partial charge < -0.3 is 5.32 Å². The second-order valence-electron chi connectivity index (χ2n) is 4.76. The van der Waals surface area contributed by atoms with E-state index in [0.29, 0.717) is 12.0 Å². The van der Waals surface area contributed by atoms with Crippen molar-refractivity contribution in [3.63, 3.8) is 0 Å². The summed E-state index contributed by atoms with van der Waals surface area (Å²) in [4.78, 5) is 0. The number of benzene rings is 1. The van der Waals surface area contributed by atoms with E-state index in [1.807, 2.05) is 13.1 Å². The van der Waals surface area contributed by atoms with Crippen molar-refractivity contribution in [1.29, 1.82) is 0 Å². The van der Waals surface area contributed by atoms with Gasteiger partial charge in [-0.25, -0.2) is 4.39 Å². The van der Waals surface area contributed by atoms with Crippen molar-refractivity contribution in [3.8, 4) is 0 Å². The molecule has 15 heavy (non-hydrogen) atoms. The van der Waals surface area contributed by atoms with E-state index in [4.69, 9.17) is 0 Å². The summed E-state index contributed by atoms with van der Waals surface area (Å²) in [5, 5.41) is 3.29. The molecule has 1 aromatic rings. The van der Waals surface area contributed by atoms with Gasteiger partial charge in [-0.05, 0) is 55.3 Å². The summed E-state index contributed by atoms with van der Waals surface area (Å²) in [5.74, 6) is 1.22. The van der Waals surface area contributed by atoms with Gasteiger partial charge in [-0.1, -0.05) is 12.1 Å². The summed E-state index contributed by atoms with van der Waals surface area (Å²) < 4.78 is 13.8. The van der Waals surface area contributed by atoms with Gasteiger partial charge in [-0.3, -0.25) is 0 Å². The molecule has 0 aliphatic heterocycles. The fourth-order valence-electron chi connectivity index (χ4n) is 2.95. The Balaban J connectivity index is 2.06. The molecule has 0 aromatic heterocycles. The Bertz CT molecular complexity index is 384. The molecule has 0 saturated heterocycles. The zero-order valence-corrected chi connectivity index (χ0v) is 8.96. The van der Waals surface area contributed by atoms with Crippen LogP contribution in [0.4, 0.5) is 4.39 Å². The Labute approximate surface area is 89.7 Å². The maximum Gasteiger partial charge on any atom is 0.127 e. The minimum Gasteiger partial charge on any atom is -0.313 e. The van der Waals surface area contributed by atoms with Crippen LogP contribution < -0.4 is 5.32 Å². The molecule has 3 rings (SSSR count). The molecule has 80 valence electrons. The average molecular weight is 205 g/mol. The van der Waals surface area contributed by atoms with E-state index in [1.165, 1.54) is 18.4 Å². The van der Waals surface area contributed by atoms with Crippen LogP contribution >= 0.6 is 0 Å². The van der Waals surface area contributed by atoms with Crippen LogP contribution in [0.25, 0.3) is 0 Å². The lowest BCUT2D eigenvalue weighted by Crippen LogP contribution is -2.13. The minimum absolute atomic E-state index is 0.00199. The Hall–Kier alpha value is -0.890. The average Bonchev–Trinajstić information content (AvgIpc) is 3.00. The van der Waals surface area contributed by atoms with Crippen molar-refractivity contribution >= 4 is 0 Å². The van der Waals surface area contributed by atoms with Crippen LogP contribution in [0.3, 0.4) is 0 Å². The summed E-state index contributed by atoms with van der Waals surface area (Å²) in [6, 6.07) is 5.86. The maximum absolute atomic E-state index is 13.8. The highest BCUT2D eigenvalue weighted by Crippen LogP contribution is 2.53. The van der Waals surface area contributed by atoms with Crippen LogP contribution in [0.2, 0.25) is 0 Å². The molecule has 1 N–H and O–H groups in total. The fraction of sp³-hybridized carbons (Fsp3) is 0.538. The monoisotopic (exact) mass is 205 g/mol. The third-order valence-electron chi connectivity index (χ3n) is 3.86. The van der Waals surface area contributed by atoms with Crippen molar-refractivity contribution in [3.05, 3.63) is 35.1 Å². The van der Waals surface area contributed by atoms with Gasteiger partial charge in [0.1, 0.15) is 5.82 Å². The lowest BCUT2D eigenvalue weighted by Gasteiger charge is -2.10. The highest BCUT2D eigenvalue weighted by Gasteiger charge is 2.41.